The monoisotopic (exact) mass is 248 g/mol. The molecule has 1 fully saturated rings. The Morgan fingerprint density at radius 3 is 3.33 bits per heavy atom. The highest BCUT2D eigenvalue weighted by Gasteiger charge is 2.39. The number of fused-ring (bicyclic) bond motifs is 3. The fourth-order valence-corrected chi connectivity index (χ4v) is 2.76. The van der Waals surface area contributed by atoms with Gasteiger partial charge in [-0.1, -0.05) is 6.92 Å². The minimum absolute atomic E-state index is 0.0471. The van der Waals surface area contributed by atoms with Gasteiger partial charge in [0.05, 0.1) is 12.6 Å². The van der Waals surface area contributed by atoms with Crippen LogP contribution in [0.15, 0.2) is 12.3 Å². The van der Waals surface area contributed by atoms with Gasteiger partial charge in [0, 0.05) is 12.6 Å². The van der Waals surface area contributed by atoms with Crippen molar-refractivity contribution in [3.63, 3.8) is 0 Å². The molecule has 0 aromatic carbocycles. The fourth-order valence-electron chi connectivity index (χ4n) is 2.76. The fraction of sp³-hybridized carbons (Fsp3) is 0.538. The molecule has 3 heterocycles. The lowest BCUT2D eigenvalue weighted by molar-refractivity contribution is -0.132. The van der Waals surface area contributed by atoms with Gasteiger partial charge in [0.1, 0.15) is 12.7 Å². The van der Waals surface area contributed by atoms with Crippen molar-refractivity contribution in [1.29, 1.82) is 0 Å². The Morgan fingerprint density at radius 1 is 1.67 bits per heavy atom. The Labute approximate surface area is 106 Å². The maximum Gasteiger partial charge on any atom is 0.293 e. The number of pyridine rings is 1. The summed E-state index contributed by atoms with van der Waals surface area (Å²) in [6, 6.07) is 2.26. The predicted octanol–water partition coefficient (Wildman–Crippen LogP) is 1.16. The molecule has 2 aliphatic rings. The Kier molecular flexibility index (Phi) is 2.81. The molecule has 0 N–H and O–H groups in total. The average molecular weight is 248 g/mol. The van der Waals surface area contributed by atoms with Crippen LogP contribution in [0.4, 0.5) is 5.82 Å². The number of carbonyl (C=O) groups excluding carboxylic acids is 1. The summed E-state index contributed by atoms with van der Waals surface area (Å²) >= 11 is 0. The van der Waals surface area contributed by atoms with Gasteiger partial charge in [-0.25, -0.2) is 4.98 Å². The zero-order valence-electron chi connectivity index (χ0n) is 10.3. The van der Waals surface area contributed by atoms with Crippen LogP contribution in [-0.4, -0.2) is 36.8 Å². The highest BCUT2D eigenvalue weighted by atomic mass is 16.5. The van der Waals surface area contributed by atoms with Crippen LogP contribution >= 0.6 is 0 Å². The summed E-state index contributed by atoms with van der Waals surface area (Å²) in [5.41, 5.74) is 1.18. The van der Waals surface area contributed by atoms with Gasteiger partial charge in [0.15, 0.2) is 11.6 Å². The molecule has 1 aromatic rings. The summed E-state index contributed by atoms with van der Waals surface area (Å²) in [5.74, 6) is 1.78. The number of anilines is 1. The number of aryl methyl sites for hydroxylation is 1. The van der Waals surface area contributed by atoms with Crippen molar-refractivity contribution in [3.8, 4) is 5.75 Å². The summed E-state index contributed by atoms with van der Waals surface area (Å²) in [6.45, 7) is 3.98. The molecule has 5 nitrogen and oxygen atoms in total. The second kappa shape index (κ2) is 4.48. The quantitative estimate of drug-likeness (QED) is 0.751. The Bertz CT molecular complexity index is 464. The molecule has 1 aromatic heterocycles. The van der Waals surface area contributed by atoms with Gasteiger partial charge in [0.25, 0.3) is 6.47 Å². The molecule has 96 valence electrons. The molecule has 2 atom stereocenters. The van der Waals surface area contributed by atoms with Gasteiger partial charge >= 0.3 is 0 Å². The van der Waals surface area contributed by atoms with Crippen LogP contribution in [0, 0.1) is 0 Å². The minimum Gasteiger partial charge on any atom is -0.487 e. The second-order valence-corrected chi connectivity index (χ2v) is 4.68. The van der Waals surface area contributed by atoms with Gasteiger partial charge in [0.2, 0.25) is 0 Å². The molecule has 2 aliphatic heterocycles. The van der Waals surface area contributed by atoms with Crippen LogP contribution in [0.3, 0.4) is 0 Å². The Morgan fingerprint density at radius 2 is 2.56 bits per heavy atom. The standard InChI is InChI=1S/C13H16N2O3/c1-2-9-3-4-14-13-12(9)17-7-10-5-11(18-8-16)6-15(10)13/h3-4,8,10-11H,2,5-7H2,1H3. The van der Waals surface area contributed by atoms with E-state index in [0.29, 0.717) is 19.6 Å². The number of hydrogen-bond acceptors (Lipinski definition) is 5. The number of aromatic nitrogens is 1. The predicted molar refractivity (Wildman–Crippen MR) is 65.8 cm³/mol. The Hall–Kier alpha value is -1.78. The summed E-state index contributed by atoms with van der Waals surface area (Å²) < 4.78 is 10.9. The van der Waals surface area contributed by atoms with E-state index in [9.17, 15) is 4.79 Å². The molecular formula is C13H16N2O3. The van der Waals surface area contributed by atoms with Crippen molar-refractivity contribution in [1.82, 2.24) is 4.98 Å². The number of ether oxygens (including phenoxy) is 2. The molecule has 0 bridgehead atoms. The first kappa shape index (κ1) is 11.3. The largest absolute Gasteiger partial charge is 0.487 e. The molecule has 0 spiro atoms. The van der Waals surface area contributed by atoms with E-state index in [4.69, 9.17) is 9.47 Å². The Balaban J connectivity index is 1.91. The van der Waals surface area contributed by atoms with Crippen molar-refractivity contribution in [2.75, 3.05) is 18.1 Å². The third-order valence-electron chi connectivity index (χ3n) is 3.66. The van der Waals surface area contributed by atoms with Crippen LogP contribution in [0.25, 0.3) is 0 Å². The molecule has 18 heavy (non-hydrogen) atoms. The average Bonchev–Trinajstić information content (AvgIpc) is 2.81. The molecule has 0 radical (unpaired) electrons. The first-order valence-electron chi connectivity index (χ1n) is 6.30. The van der Waals surface area contributed by atoms with Crippen LogP contribution in [0.5, 0.6) is 5.75 Å². The highest BCUT2D eigenvalue weighted by Crippen LogP contribution is 2.39. The summed E-state index contributed by atoms with van der Waals surface area (Å²) in [5, 5.41) is 0. The summed E-state index contributed by atoms with van der Waals surface area (Å²) in [4.78, 5) is 17.0. The zero-order valence-corrected chi connectivity index (χ0v) is 10.3. The lowest BCUT2D eigenvalue weighted by Crippen LogP contribution is -2.39. The lowest BCUT2D eigenvalue weighted by Gasteiger charge is -2.32. The summed E-state index contributed by atoms with van der Waals surface area (Å²) in [6.07, 6.45) is 3.51. The molecule has 0 aliphatic carbocycles. The van der Waals surface area contributed by atoms with Crippen LogP contribution < -0.4 is 9.64 Å². The van der Waals surface area contributed by atoms with Gasteiger partial charge in [-0.15, -0.1) is 0 Å². The van der Waals surface area contributed by atoms with Crippen molar-refractivity contribution in [2.24, 2.45) is 0 Å². The van der Waals surface area contributed by atoms with Crippen molar-refractivity contribution in [2.45, 2.75) is 31.9 Å². The maximum absolute atomic E-state index is 10.4. The lowest BCUT2D eigenvalue weighted by atomic mass is 10.1. The van der Waals surface area contributed by atoms with Gasteiger partial charge in [-0.2, -0.15) is 0 Å². The molecular weight excluding hydrogens is 232 g/mol. The van der Waals surface area contributed by atoms with Crippen molar-refractivity contribution < 1.29 is 14.3 Å². The smallest absolute Gasteiger partial charge is 0.293 e. The number of rotatable bonds is 3. The number of hydrogen-bond donors (Lipinski definition) is 0. The van der Waals surface area contributed by atoms with E-state index < -0.39 is 0 Å². The second-order valence-electron chi connectivity index (χ2n) is 4.68. The van der Waals surface area contributed by atoms with Crippen molar-refractivity contribution >= 4 is 12.3 Å². The topological polar surface area (TPSA) is 51.7 Å². The first-order chi connectivity index (χ1) is 8.83. The van der Waals surface area contributed by atoms with Gasteiger partial charge < -0.3 is 14.4 Å². The van der Waals surface area contributed by atoms with E-state index in [0.717, 1.165) is 24.4 Å². The van der Waals surface area contributed by atoms with Crippen molar-refractivity contribution in [3.05, 3.63) is 17.8 Å². The van der Waals surface area contributed by atoms with Crippen LogP contribution in [0.2, 0.25) is 0 Å². The minimum atomic E-state index is -0.0471. The molecule has 0 amide bonds. The van der Waals surface area contributed by atoms with Gasteiger partial charge in [-0.3, -0.25) is 4.79 Å². The highest BCUT2D eigenvalue weighted by molar-refractivity contribution is 5.59. The van der Waals surface area contributed by atoms with Gasteiger partial charge in [-0.05, 0) is 18.1 Å². The van der Waals surface area contributed by atoms with E-state index in [-0.39, 0.29) is 12.1 Å². The van der Waals surface area contributed by atoms with E-state index in [2.05, 4.69) is 16.8 Å². The SMILES string of the molecule is CCc1ccnc2c1OCC1CC(OC=O)CN21. The first-order valence-corrected chi connectivity index (χ1v) is 6.30. The van der Waals surface area contributed by atoms with E-state index in [1.165, 1.54) is 5.56 Å². The number of carbonyl (C=O) groups is 1. The summed E-state index contributed by atoms with van der Waals surface area (Å²) in [7, 11) is 0. The maximum atomic E-state index is 10.4. The van der Waals surface area contributed by atoms with E-state index in [1.54, 1.807) is 0 Å². The van der Waals surface area contributed by atoms with Crippen LogP contribution in [-0.2, 0) is 16.0 Å². The van der Waals surface area contributed by atoms with Crippen LogP contribution in [0.1, 0.15) is 18.9 Å². The molecule has 2 unspecified atom stereocenters. The van der Waals surface area contributed by atoms with E-state index >= 15 is 0 Å². The molecule has 0 saturated carbocycles. The normalized spacial score (nSPS) is 25.1. The number of nitrogens with zero attached hydrogens (tertiary/aromatic N) is 2. The third-order valence-corrected chi connectivity index (χ3v) is 3.66. The van der Waals surface area contributed by atoms with E-state index in [1.807, 2.05) is 12.3 Å². The third kappa shape index (κ3) is 1.70. The molecule has 3 rings (SSSR count). The molecule has 5 heteroatoms. The zero-order chi connectivity index (χ0) is 12.5. The molecule has 1 saturated heterocycles.